The standard InChI is InChI=1S/C23H21ClN4O3/c1-14(22(30)27-19-8-4-15(5-9-19)21(25)29)26-18-10-12-20(13-11-18)28-23(31)16-2-6-17(24)7-3-16/h2-14,26H,1H3,(H2,25,29)(H,27,30)(H,28,31). The third kappa shape index (κ3) is 6.07. The minimum atomic E-state index is -0.527. The van der Waals surface area contributed by atoms with Crippen LogP contribution < -0.4 is 21.7 Å². The highest BCUT2D eigenvalue weighted by atomic mass is 35.5. The maximum absolute atomic E-state index is 12.4. The Morgan fingerprint density at radius 3 is 1.81 bits per heavy atom. The molecule has 0 aliphatic carbocycles. The molecule has 0 radical (unpaired) electrons. The van der Waals surface area contributed by atoms with Crippen LogP contribution in [0.5, 0.6) is 0 Å². The average Bonchev–Trinajstić information content (AvgIpc) is 2.76. The van der Waals surface area contributed by atoms with Crippen molar-refractivity contribution in [3.8, 4) is 0 Å². The zero-order valence-electron chi connectivity index (χ0n) is 16.7. The molecule has 8 heteroatoms. The van der Waals surface area contributed by atoms with Gasteiger partial charge in [0, 0.05) is 33.2 Å². The van der Waals surface area contributed by atoms with E-state index in [2.05, 4.69) is 16.0 Å². The van der Waals surface area contributed by atoms with E-state index in [1.807, 2.05) is 0 Å². The highest BCUT2D eigenvalue weighted by Gasteiger charge is 2.13. The zero-order valence-corrected chi connectivity index (χ0v) is 17.4. The number of nitrogens with two attached hydrogens (primary N) is 1. The number of amides is 3. The fraction of sp³-hybridized carbons (Fsp3) is 0.0870. The third-order valence-corrected chi connectivity index (χ3v) is 4.71. The SMILES string of the molecule is CC(Nc1ccc(NC(=O)c2ccc(Cl)cc2)cc1)C(=O)Nc1ccc(C(N)=O)cc1. The minimum absolute atomic E-state index is 0.243. The van der Waals surface area contributed by atoms with Gasteiger partial charge in [0.15, 0.2) is 0 Å². The third-order valence-electron chi connectivity index (χ3n) is 4.46. The molecule has 1 unspecified atom stereocenters. The van der Waals surface area contributed by atoms with E-state index in [0.29, 0.717) is 27.5 Å². The van der Waals surface area contributed by atoms with Gasteiger partial charge in [-0.3, -0.25) is 14.4 Å². The lowest BCUT2D eigenvalue weighted by Gasteiger charge is -2.16. The van der Waals surface area contributed by atoms with Crippen molar-refractivity contribution in [1.29, 1.82) is 0 Å². The van der Waals surface area contributed by atoms with E-state index in [1.165, 1.54) is 0 Å². The van der Waals surface area contributed by atoms with Crippen molar-refractivity contribution in [2.75, 3.05) is 16.0 Å². The Morgan fingerprint density at radius 2 is 1.23 bits per heavy atom. The summed E-state index contributed by atoms with van der Waals surface area (Å²) < 4.78 is 0. The van der Waals surface area contributed by atoms with Crippen molar-refractivity contribution < 1.29 is 14.4 Å². The molecular formula is C23H21ClN4O3. The van der Waals surface area contributed by atoms with E-state index >= 15 is 0 Å². The summed E-state index contributed by atoms with van der Waals surface area (Å²) in [4.78, 5) is 35.8. The molecule has 158 valence electrons. The zero-order chi connectivity index (χ0) is 22.4. The van der Waals surface area contributed by atoms with Crippen LogP contribution in [0.4, 0.5) is 17.1 Å². The summed E-state index contributed by atoms with van der Waals surface area (Å²) in [6, 6.07) is 19.4. The summed E-state index contributed by atoms with van der Waals surface area (Å²) in [6.45, 7) is 1.73. The normalized spacial score (nSPS) is 11.3. The molecule has 0 aromatic heterocycles. The van der Waals surface area contributed by atoms with Gasteiger partial charge < -0.3 is 21.7 Å². The largest absolute Gasteiger partial charge is 0.374 e. The van der Waals surface area contributed by atoms with Gasteiger partial charge in [0.25, 0.3) is 5.91 Å². The smallest absolute Gasteiger partial charge is 0.255 e. The molecule has 31 heavy (non-hydrogen) atoms. The molecule has 0 aliphatic rings. The topological polar surface area (TPSA) is 113 Å². The van der Waals surface area contributed by atoms with Gasteiger partial charge in [0.05, 0.1) is 0 Å². The van der Waals surface area contributed by atoms with E-state index in [-0.39, 0.29) is 11.8 Å². The number of primary amides is 1. The van der Waals surface area contributed by atoms with Crippen LogP contribution >= 0.6 is 11.6 Å². The first-order chi connectivity index (χ1) is 14.8. The molecule has 5 N–H and O–H groups in total. The van der Waals surface area contributed by atoms with E-state index in [9.17, 15) is 14.4 Å². The van der Waals surface area contributed by atoms with Gasteiger partial charge in [-0.1, -0.05) is 11.6 Å². The molecule has 0 saturated heterocycles. The molecule has 0 heterocycles. The molecule has 3 aromatic carbocycles. The Hall–Kier alpha value is -3.84. The molecule has 0 saturated carbocycles. The Labute approximate surface area is 184 Å². The maximum Gasteiger partial charge on any atom is 0.255 e. The molecule has 3 rings (SSSR count). The second-order valence-corrected chi connectivity index (χ2v) is 7.27. The maximum atomic E-state index is 12.4. The summed E-state index contributed by atoms with van der Waals surface area (Å²) in [5.41, 5.74) is 7.98. The Kier molecular flexibility index (Phi) is 6.89. The van der Waals surface area contributed by atoms with Crippen LogP contribution in [-0.4, -0.2) is 23.8 Å². The monoisotopic (exact) mass is 436 g/mol. The van der Waals surface area contributed by atoms with Gasteiger partial charge in [-0.2, -0.15) is 0 Å². The van der Waals surface area contributed by atoms with Crippen LogP contribution in [-0.2, 0) is 4.79 Å². The highest BCUT2D eigenvalue weighted by Crippen LogP contribution is 2.17. The number of halogens is 1. The van der Waals surface area contributed by atoms with Crippen LogP contribution in [0.15, 0.2) is 72.8 Å². The van der Waals surface area contributed by atoms with Gasteiger partial charge in [-0.25, -0.2) is 0 Å². The van der Waals surface area contributed by atoms with E-state index < -0.39 is 11.9 Å². The number of carbonyl (C=O) groups is 3. The first-order valence-electron chi connectivity index (χ1n) is 9.46. The van der Waals surface area contributed by atoms with Crippen molar-refractivity contribution in [3.05, 3.63) is 88.9 Å². The van der Waals surface area contributed by atoms with Crippen LogP contribution in [0, 0.1) is 0 Å². The molecule has 0 aliphatic heterocycles. The minimum Gasteiger partial charge on any atom is -0.374 e. The first kappa shape index (κ1) is 21.9. The number of rotatable bonds is 7. The average molecular weight is 437 g/mol. The van der Waals surface area contributed by atoms with Crippen LogP contribution in [0.2, 0.25) is 5.02 Å². The molecule has 0 spiro atoms. The molecule has 3 amide bonds. The molecular weight excluding hydrogens is 416 g/mol. The summed E-state index contributed by atoms with van der Waals surface area (Å²) in [6.07, 6.45) is 0. The summed E-state index contributed by atoms with van der Waals surface area (Å²) in [7, 11) is 0. The van der Waals surface area contributed by atoms with Gasteiger partial charge in [0.2, 0.25) is 11.8 Å². The van der Waals surface area contributed by atoms with Gasteiger partial charge in [-0.15, -0.1) is 0 Å². The van der Waals surface area contributed by atoms with Crippen LogP contribution in [0.25, 0.3) is 0 Å². The number of nitrogens with one attached hydrogen (secondary N) is 3. The molecule has 7 nitrogen and oxygen atoms in total. The predicted molar refractivity (Wildman–Crippen MR) is 123 cm³/mol. The van der Waals surface area contributed by atoms with Gasteiger partial charge in [-0.05, 0) is 79.7 Å². The van der Waals surface area contributed by atoms with Gasteiger partial charge in [0.1, 0.15) is 6.04 Å². The first-order valence-corrected chi connectivity index (χ1v) is 9.84. The van der Waals surface area contributed by atoms with E-state index in [0.717, 1.165) is 5.69 Å². The number of hydrogen-bond donors (Lipinski definition) is 4. The molecule has 0 bridgehead atoms. The van der Waals surface area contributed by atoms with Crippen molar-refractivity contribution >= 4 is 46.4 Å². The van der Waals surface area contributed by atoms with Crippen molar-refractivity contribution in [1.82, 2.24) is 0 Å². The van der Waals surface area contributed by atoms with Crippen molar-refractivity contribution in [3.63, 3.8) is 0 Å². The quantitative estimate of drug-likeness (QED) is 0.446. The Balaban J connectivity index is 1.54. The molecule has 0 fully saturated rings. The lowest BCUT2D eigenvalue weighted by molar-refractivity contribution is -0.116. The number of benzene rings is 3. The predicted octanol–water partition coefficient (Wildman–Crippen LogP) is 4.13. The Morgan fingerprint density at radius 1 is 0.742 bits per heavy atom. The lowest BCUT2D eigenvalue weighted by atomic mass is 10.2. The number of carbonyl (C=O) groups excluding carboxylic acids is 3. The number of hydrogen-bond acceptors (Lipinski definition) is 4. The second-order valence-electron chi connectivity index (χ2n) is 6.84. The lowest BCUT2D eigenvalue weighted by Crippen LogP contribution is -2.31. The second kappa shape index (κ2) is 9.77. The van der Waals surface area contributed by atoms with Gasteiger partial charge >= 0.3 is 0 Å². The van der Waals surface area contributed by atoms with Crippen LogP contribution in [0.1, 0.15) is 27.6 Å². The Bertz CT molecular complexity index is 1080. The van der Waals surface area contributed by atoms with Crippen molar-refractivity contribution in [2.24, 2.45) is 5.73 Å². The molecule has 1 atom stereocenters. The fourth-order valence-electron chi connectivity index (χ4n) is 2.74. The van der Waals surface area contributed by atoms with Crippen molar-refractivity contribution in [2.45, 2.75) is 13.0 Å². The summed E-state index contributed by atoms with van der Waals surface area (Å²) in [5, 5.41) is 9.23. The summed E-state index contributed by atoms with van der Waals surface area (Å²) >= 11 is 5.84. The summed E-state index contributed by atoms with van der Waals surface area (Å²) in [5.74, 6) is -1.01. The number of anilines is 3. The fourth-order valence-corrected chi connectivity index (χ4v) is 2.86. The highest BCUT2D eigenvalue weighted by molar-refractivity contribution is 6.30. The van der Waals surface area contributed by atoms with E-state index in [1.54, 1.807) is 79.7 Å². The van der Waals surface area contributed by atoms with E-state index in [4.69, 9.17) is 17.3 Å². The molecule has 3 aromatic rings. The van der Waals surface area contributed by atoms with Crippen LogP contribution in [0.3, 0.4) is 0 Å².